The number of aliphatic carboxylic acids is 1. The molecule has 1 saturated carbocycles. The minimum atomic E-state index is -1.12. The molecule has 2 rings (SSSR count). The van der Waals surface area contributed by atoms with Crippen molar-refractivity contribution < 1.29 is 9.90 Å². The van der Waals surface area contributed by atoms with Gasteiger partial charge in [-0.15, -0.1) is 0 Å². The maximum atomic E-state index is 11.1. The van der Waals surface area contributed by atoms with Gasteiger partial charge in [0.2, 0.25) is 0 Å². The molecule has 1 aliphatic carbocycles. The molecule has 2 atom stereocenters. The summed E-state index contributed by atoms with van der Waals surface area (Å²) < 4.78 is 1.81. The van der Waals surface area contributed by atoms with Crippen molar-refractivity contribution in [3.63, 3.8) is 0 Å². The van der Waals surface area contributed by atoms with Gasteiger partial charge in [0.05, 0.1) is 22.5 Å². The highest BCUT2D eigenvalue weighted by atomic mass is 35.5. The third-order valence-corrected chi connectivity index (χ3v) is 4.08. The molecular formula is C11H16ClN3O2. The van der Waals surface area contributed by atoms with Crippen LogP contribution in [0.1, 0.15) is 36.7 Å². The van der Waals surface area contributed by atoms with E-state index in [2.05, 4.69) is 5.10 Å². The largest absolute Gasteiger partial charge is 0.480 e. The van der Waals surface area contributed by atoms with Gasteiger partial charge in [-0.05, 0) is 33.1 Å². The van der Waals surface area contributed by atoms with Crippen LogP contribution in [-0.4, -0.2) is 26.4 Å². The summed E-state index contributed by atoms with van der Waals surface area (Å²) in [7, 11) is 0. The number of rotatable bonds is 2. The van der Waals surface area contributed by atoms with Crippen molar-refractivity contribution in [3.05, 3.63) is 16.4 Å². The molecule has 5 nitrogen and oxygen atoms in total. The molecule has 0 radical (unpaired) electrons. The van der Waals surface area contributed by atoms with E-state index >= 15 is 0 Å². The molecule has 0 spiro atoms. The molecule has 1 aromatic rings. The number of carboxylic acid groups (broad SMARTS) is 1. The molecule has 6 heteroatoms. The van der Waals surface area contributed by atoms with Gasteiger partial charge in [0.25, 0.3) is 0 Å². The molecule has 17 heavy (non-hydrogen) atoms. The van der Waals surface area contributed by atoms with E-state index in [0.29, 0.717) is 17.9 Å². The Morgan fingerprint density at radius 3 is 2.71 bits per heavy atom. The SMILES string of the molecule is Cc1nn(C2CCC(N)(C(=O)O)C2)c(C)c1Cl. The second-order valence-corrected chi connectivity index (χ2v) is 5.17. The number of carbonyl (C=O) groups is 1. The zero-order valence-electron chi connectivity index (χ0n) is 9.90. The monoisotopic (exact) mass is 257 g/mol. The molecular weight excluding hydrogens is 242 g/mol. The van der Waals surface area contributed by atoms with Gasteiger partial charge in [-0.3, -0.25) is 9.48 Å². The van der Waals surface area contributed by atoms with Crippen LogP contribution in [0.25, 0.3) is 0 Å². The summed E-state index contributed by atoms with van der Waals surface area (Å²) in [5, 5.41) is 14.1. The van der Waals surface area contributed by atoms with Crippen LogP contribution >= 0.6 is 11.6 Å². The van der Waals surface area contributed by atoms with Crippen molar-refractivity contribution >= 4 is 17.6 Å². The molecule has 0 saturated heterocycles. The minimum Gasteiger partial charge on any atom is -0.480 e. The average molecular weight is 258 g/mol. The third-order valence-electron chi connectivity index (χ3n) is 3.53. The summed E-state index contributed by atoms with van der Waals surface area (Å²) in [5.74, 6) is -0.937. The van der Waals surface area contributed by atoms with E-state index in [0.717, 1.165) is 17.8 Å². The smallest absolute Gasteiger partial charge is 0.323 e. The maximum absolute atomic E-state index is 11.1. The Bertz CT molecular complexity index is 472. The van der Waals surface area contributed by atoms with Gasteiger partial charge in [-0.25, -0.2) is 0 Å². The van der Waals surface area contributed by atoms with Gasteiger partial charge in [0.15, 0.2) is 0 Å². The number of halogens is 1. The summed E-state index contributed by atoms with van der Waals surface area (Å²) in [4.78, 5) is 11.1. The van der Waals surface area contributed by atoms with Crippen molar-refractivity contribution in [1.29, 1.82) is 0 Å². The summed E-state index contributed by atoms with van der Waals surface area (Å²) in [5.41, 5.74) is 6.38. The van der Waals surface area contributed by atoms with E-state index in [1.165, 1.54) is 0 Å². The van der Waals surface area contributed by atoms with Crippen LogP contribution < -0.4 is 5.73 Å². The van der Waals surface area contributed by atoms with E-state index in [9.17, 15) is 4.79 Å². The van der Waals surface area contributed by atoms with Crippen LogP contribution in [-0.2, 0) is 4.79 Å². The number of aryl methyl sites for hydroxylation is 1. The standard InChI is InChI=1S/C11H16ClN3O2/c1-6-9(12)7(2)15(14-6)8-3-4-11(13,5-8)10(16)17/h8H,3-5,13H2,1-2H3,(H,16,17). The summed E-state index contributed by atoms with van der Waals surface area (Å²) in [6.45, 7) is 3.73. The molecule has 1 heterocycles. The minimum absolute atomic E-state index is 0.0299. The molecule has 94 valence electrons. The van der Waals surface area contributed by atoms with Crippen LogP contribution in [0.5, 0.6) is 0 Å². The van der Waals surface area contributed by atoms with Gasteiger partial charge >= 0.3 is 5.97 Å². The van der Waals surface area contributed by atoms with Crippen molar-refractivity contribution in [2.24, 2.45) is 5.73 Å². The lowest BCUT2D eigenvalue weighted by Crippen LogP contribution is -2.45. The zero-order valence-corrected chi connectivity index (χ0v) is 10.7. The Balaban J connectivity index is 2.27. The molecule has 0 aromatic carbocycles. The van der Waals surface area contributed by atoms with E-state index < -0.39 is 11.5 Å². The lowest BCUT2D eigenvalue weighted by Gasteiger charge is -2.18. The van der Waals surface area contributed by atoms with Gasteiger partial charge in [-0.2, -0.15) is 5.10 Å². The lowest BCUT2D eigenvalue weighted by atomic mass is 9.99. The molecule has 1 fully saturated rings. The Morgan fingerprint density at radius 1 is 1.65 bits per heavy atom. The van der Waals surface area contributed by atoms with Gasteiger partial charge in [0.1, 0.15) is 5.54 Å². The summed E-state index contributed by atoms with van der Waals surface area (Å²) in [6.07, 6.45) is 1.60. The molecule has 2 unspecified atom stereocenters. The molecule has 0 amide bonds. The highest BCUT2D eigenvalue weighted by Crippen LogP contribution is 2.38. The third kappa shape index (κ3) is 1.93. The number of nitrogens with two attached hydrogens (primary N) is 1. The fourth-order valence-corrected chi connectivity index (χ4v) is 2.57. The topological polar surface area (TPSA) is 81.1 Å². The van der Waals surface area contributed by atoms with E-state index in [1.807, 2.05) is 18.5 Å². The first-order chi connectivity index (χ1) is 7.85. The van der Waals surface area contributed by atoms with Crippen LogP contribution in [0.4, 0.5) is 0 Å². The number of aromatic nitrogens is 2. The molecule has 3 N–H and O–H groups in total. The Hall–Kier alpha value is -1.07. The number of nitrogens with zero attached hydrogens (tertiary/aromatic N) is 2. The molecule has 0 aliphatic heterocycles. The first kappa shape index (κ1) is 12.4. The second-order valence-electron chi connectivity index (χ2n) is 4.79. The normalized spacial score (nSPS) is 28.6. The quantitative estimate of drug-likeness (QED) is 0.844. The average Bonchev–Trinajstić information content (AvgIpc) is 2.77. The number of carboxylic acids is 1. The van der Waals surface area contributed by atoms with Gasteiger partial charge in [0, 0.05) is 0 Å². The molecule has 1 aliphatic rings. The van der Waals surface area contributed by atoms with Crippen molar-refractivity contribution in [2.75, 3.05) is 0 Å². The maximum Gasteiger partial charge on any atom is 0.323 e. The lowest BCUT2D eigenvalue weighted by molar-refractivity contribution is -0.143. The Morgan fingerprint density at radius 2 is 2.29 bits per heavy atom. The van der Waals surface area contributed by atoms with Crippen LogP contribution in [0.3, 0.4) is 0 Å². The first-order valence-electron chi connectivity index (χ1n) is 5.58. The first-order valence-corrected chi connectivity index (χ1v) is 5.96. The van der Waals surface area contributed by atoms with Crippen LogP contribution in [0.2, 0.25) is 5.02 Å². The fourth-order valence-electron chi connectivity index (χ4n) is 2.45. The zero-order chi connectivity index (χ0) is 12.8. The van der Waals surface area contributed by atoms with Gasteiger partial charge < -0.3 is 10.8 Å². The van der Waals surface area contributed by atoms with Crippen molar-refractivity contribution in [2.45, 2.75) is 44.7 Å². The predicted molar refractivity (Wildman–Crippen MR) is 64.2 cm³/mol. The van der Waals surface area contributed by atoms with E-state index in [4.69, 9.17) is 22.4 Å². The molecule has 1 aromatic heterocycles. The highest BCUT2D eigenvalue weighted by molar-refractivity contribution is 6.31. The second kappa shape index (κ2) is 3.99. The fraction of sp³-hybridized carbons (Fsp3) is 0.636. The summed E-state index contributed by atoms with van der Waals surface area (Å²) in [6, 6.07) is 0.0299. The number of hydrogen-bond donors (Lipinski definition) is 2. The van der Waals surface area contributed by atoms with Crippen molar-refractivity contribution in [1.82, 2.24) is 9.78 Å². The highest BCUT2D eigenvalue weighted by Gasteiger charge is 2.43. The van der Waals surface area contributed by atoms with E-state index in [-0.39, 0.29) is 6.04 Å². The van der Waals surface area contributed by atoms with Gasteiger partial charge in [-0.1, -0.05) is 11.6 Å². The van der Waals surface area contributed by atoms with Crippen LogP contribution in [0, 0.1) is 13.8 Å². The predicted octanol–water partition coefficient (Wildman–Crippen LogP) is 1.66. The Labute approximate surface area is 105 Å². The van der Waals surface area contributed by atoms with E-state index in [1.54, 1.807) is 0 Å². The van der Waals surface area contributed by atoms with Crippen LogP contribution in [0.15, 0.2) is 0 Å². The Kier molecular flexibility index (Phi) is 2.91. The van der Waals surface area contributed by atoms with Crippen molar-refractivity contribution in [3.8, 4) is 0 Å². The summed E-state index contributed by atoms with van der Waals surface area (Å²) >= 11 is 6.08. The number of hydrogen-bond acceptors (Lipinski definition) is 3. The molecule has 0 bridgehead atoms.